The zero-order valence-electron chi connectivity index (χ0n) is 23.6. The highest BCUT2D eigenvalue weighted by molar-refractivity contribution is 7.99. The minimum Gasteiger partial charge on any atom is -0.368 e. The van der Waals surface area contributed by atoms with E-state index in [1.165, 1.54) is 5.56 Å². The minimum atomic E-state index is -0.546. The van der Waals surface area contributed by atoms with E-state index in [0.29, 0.717) is 19.8 Å². The highest BCUT2D eigenvalue weighted by atomic mass is 32.2. The maximum atomic E-state index is 9.20. The maximum absolute atomic E-state index is 9.20. The lowest BCUT2D eigenvalue weighted by molar-refractivity contribution is -0.244. The molecule has 1 aliphatic rings. The molecule has 0 saturated carbocycles. The van der Waals surface area contributed by atoms with Gasteiger partial charge in [-0.15, -0.1) is 0 Å². The van der Waals surface area contributed by atoms with Crippen LogP contribution >= 0.6 is 11.8 Å². The van der Waals surface area contributed by atoms with Gasteiger partial charge in [0.15, 0.2) is 0 Å². The number of rotatable bonds is 13. The number of azide groups is 1. The van der Waals surface area contributed by atoms with Crippen LogP contribution in [0.25, 0.3) is 10.4 Å². The fraction of sp³-hybridized carbons (Fsp3) is 0.294. The van der Waals surface area contributed by atoms with Gasteiger partial charge >= 0.3 is 0 Å². The predicted octanol–water partition coefficient (Wildman–Crippen LogP) is 7.88. The third kappa shape index (κ3) is 8.46. The van der Waals surface area contributed by atoms with Crippen LogP contribution in [-0.4, -0.2) is 36.4 Å². The normalized spacial score (nSPS) is 21.9. The molecular weight excluding hydrogens is 546 g/mol. The van der Waals surface area contributed by atoms with Crippen LogP contribution in [0.5, 0.6) is 0 Å². The molecule has 42 heavy (non-hydrogen) atoms. The summed E-state index contributed by atoms with van der Waals surface area (Å²) in [5.74, 6) is 0. The second-order valence-electron chi connectivity index (χ2n) is 10.2. The Morgan fingerprint density at radius 3 is 1.64 bits per heavy atom. The van der Waals surface area contributed by atoms with Crippen molar-refractivity contribution in [1.82, 2.24) is 0 Å². The van der Waals surface area contributed by atoms with Crippen LogP contribution in [0.1, 0.15) is 22.3 Å². The monoisotopic (exact) mass is 581 g/mol. The van der Waals surface area contributed by atoms with Crippen LogP contribution in [0.3, 0.4) is 0 Å². The SMILES string of the molecule is Cc1ccc(S[C@H]2O[C@H](CN=[N+]=[N-])[C@@H](OCc3ccccc3)[C@H](OCc3ccccc3)[C@@H]2OCc2ccccc2)cc1. The van der Waals surface area contributed by atoms with Gasteiger partial charge < -0.3 is 18.9 Å². The van der Waals surface area contributed by atoms with Crippen molar-refractivity contribution >= 4 is 11.8 Å². The Labute approximate surface area is 251 Å². The van der Waals surface area contributed by atoms with E-state index in [0.717, 1.165) is 21.6 Å². The Bertz CT molecular complexity index is 1400. The van der Waals surface area contributed by atoms with Crippen molar-refractivity contribution in [3.63, 3.8) is 0 Å². The lowest BCUT2D eigenvalue weighted by Crippen LogP contribution is -2.60. The van der Waals surface area contributed by atoms with Crippen LogP contribution in [0.4, 0.5) is 0 Å². The van der Waals surface area contributed by atoms with Gasteiger partial charge in [-0.25, -0.2) is 0 Å². The summed E-state index contributed by atoms with van der Waals surface area (Å²) in [6, 6.07) is 38.4. The number of benzene rings is 4. The highest BCUT2D eigenvalue weighted by Crippen LogP contribution is 2.38. The van der Waals surface area contributed by atoms with Gasteiger partial charge in [0.2, 0.25) is 0 Å². The van der Waals surface area contributed by atoms with E-state index in [4.69, 9.17) is 18.9 Å². The van der Waals surface area contributed by atoms with Gasteiger partial charge in [0.25, 0.3) is 0 Å². The molecule has 0 unspecified atom stereocenters. The molecule has 216 valence electrons. The molecule has 1 heterocycles. The number of hydrogen-bond donors (Lipinski definition) is 0. The van der Waals surface area contributed by atoms with Gasteiger partial charge in [0.05, 0.1) is 32.5 Å². The molecule has 0 radical (unpaired) electrons. The van der Waals surface area contributed by atoms with Crippen molar-refractivity contribution in [1.29, 1.82) is 0 Å². The van der Waals surface area contributed by atoms with Crippen molar-refractivity contribution in [2.45, 2.75) is 61.5 Å². The lowest BCUT2D eigenvalue weighted by Gasteiger charge is -2.46. The lowest BCUT2D eigenvalue weighted by atomic mass is 9.98. The molecule has 5 rings (SSSR count). The zero-order valence-corrected chi connectivity index (χ0v) is 24.4. The van der Waals surface area contributed by atoms with Crippen molar-refractivity contribution < 1.29 is 18.9 Å². The molecule has 1 saturated heterocycles. The highest BCUT2D eigenvalue weighted by Gasteiger charge is 2.48. The number of nitrogens with zero attached hydrogens (tertiary/aromatic N) is 3. The smallest absolute Gasteiger partial charge is 0.136 e. The Kier molecular flexibility index (Phi) is 11.1. The molecule has 7 nitrogen and oxygen atoms in total. The third-order valence-electron chi connectivity index (χ3n) is 7.05. The second-order valence-corrected chi connectivity index (χ2v) is 11.3. The zero-order chi connectivity index (χ0) is 29.0. The predicted molar refractivity (Wildman–Crippen MR) is 165 cm³/mol. The van der Waals surface area contributed by atoms with E-state index >= 15 is 0 Å². The second kappa shape index (κ2) is 15.6. The van der Waals surface area contributed by atoms with Gasteiger partial charge in [-0.3, -0.25) is 0 Å². The summed E-state index contributed by atoms with van der Waals surface area (Å²) < 4.78 is 26.6. The summed E-state index contributed by atoms with van der Waals surface area (Å²) in [7, 11) is 0. The first-order valence-electron chi connectivity index (χ1n) is 14.1. The van der Waals surface area contributed by atoms with E-state index in [2.05, 4.69) is 41.2 Å². The van der Waals surface area contributed by atoms with Crippen LogP contribution < -0.4 is 0 Å². The Morgan fingerprint density at radius 2 is 1.14 bits per heavy atom. The molecule has 0 N–H and O–H groups in total. The first-order chi connectivity index (χ1) is 20.7. The van der Waals surface area contributed by atoms with E-state index in [-0.39, 0.29) is 6.54 Å². The molecule has 1 fully saturated rings. The van der Waals surface area contributed by atoms with Crippen LogP contribution in [0, 0.1) is 6.92 Å². The minimum absolute atomic E-state index is 0.109. The molecule has 0 bridgehead atoms. The molecule has 5 atom stereocenters. The van der Waals surface area contributed by atoms with Gasteiger partial charge in [-0.05, 0) is 41.3 Å². The van der Waals surface area contributed by atoms with Crippen molar-refractivity contribution in [3.05, 3.63) is 148 Å². The van der Waals surface area contributed by atoms with Crippen molar-refractivity contribution in [2.75, 3.05) is 6.54 Å². The summed E-state index contributed by atoms with van der Waals surface area (Å²) in [5.41, 5.74) is 13.1. The number of ether oxygens (including phenoxy) is 4. The Hall–Kier alpha value is -3.62. The topological polar surface area (TPSA) is 85.7 Å². The van der Waals surface area contributed by atoms with E-state index in [1.54, 1.807) is 11.8 Å². The largest absolute Gasteiger partial charge is 0.368 e. The first kappa shape index (κ1) is 29.9. The van der Waals surface area contributed by atoms with E-state index < -0.39 is 29.9 Å². The summed E-state index contributed by atoms with van der Waals surface area (Å²) in [5, 5.41) is 3.90. The third-order valence-corrected chi connectivity index (χ3v) is 8.20. The number of thioether (sulfide) groups is 1. The molecular formula is C34H35N3O4S. The van der Waals surface area contributed by atoms with Crippen LogP contribution in [0.2, 0.25) is 0 Å². The summed E-state index contributed by atoms with van der Waals surface area (Å²) in [4.78, 5) is 4.07. The van der Waals surface area contributed by atoms with Crippen molar-refractivity contribution in [2.24, 2.45) is 5.11 Å². The molecule has 4 aromatic carbocycles. The summed E-state index contributed by atoms with van der Waals surface area (Å²) in [6.45, 7) is 3.29. The Morgan fingerprint density at radius 1 is 0.667 bits per heavy atom. The molecule has 0 amide bonds. The quantitative estimate of drug-likeness (QED) is 0.0911. The maximum Gasteiger partial charge on any atom is 0.136 e. The molecule has 8 heteroatoms. The fourth-order valence-electron chi connectivity index (χ4n) is 4.86. The average molecular weight is 582 g/mol. The Balaban J connectivity index is 1.48. The van der Waals surface area contributed by atoms with Gasteiger partial charge in [0, 0.05) is 9.81 Å². The van der Waals surface area contributed by atoms with Crippen molar-refractivity contribution in [3.8, 4) is 0 Å². The molecule has 0 aliphatic carbocycles. The molecule has 4 aromatic rings. The van der Waals surface area contributed by atoms with Crippen LogP contribution in [-0.2, 0) is 38.8 Å². The van der Waals surface area contributed by atoms with Crippen LogP contribution in [0.15, 0.2) is 125 Å². The number of hydrogen-bond acceptors (Lipinski definition) is 6. The number of aryl methyl sites for hydroxylation is 1. The van der Waals surface area contributed by atoms with E-state index in [9.17, 15) is 5.53 Å². The summed E-state index contributed by atoms with van der Waals surface area (Å²) in [6.07, 6.45) is -2.07. The summed E-state index contributed by atoms with van der Waals surface area (Å²) >= 11 is 1.58. The fourth-order valence-corrected chi connectivity index (χ4v) is 5.98. The van der Waals surface area contributed by atoms with Gasteiger partial charge in [-0.2, -0.15) is 0 Å². The standard InChI is InChI=1S/C34H35N3O4S/c1-25-17-19-29(20-18-25)42-34-33(40-24-28-15-9-4-10-16-28)32(39-23-27-13-7-3-8-14-27)31(30(41-34)21-36-37-35)38-22-26-11-5-2-6-12-26/h2-20,30-34H,21-24H2,1H3/t30-,31-,32+,33+,34-/m1/s1. The van der Waals surface area contributed by atoms with Gasteiger partial charge in [0.1, 0.15) is 23.7 Å². The van der Waals surface area contributed by atoms with Gasteiger partial charge in [-0.1, -0.05) is 126 Å². The molecule has 1 aliphatic heterocycles. The average Bonchev–Trinajstić information content (AvgIpc) is 3.04. The first-order valence-corrected chi connectivity index (χ1v) is 14.9. The van der Waals surface area contributed by atoms with E-state index in [1.807, 2.05) is 91.0 Å². The molecule has 0 spiro atoms. The molecule has 0 aromatic heterocycles.